The van der Waals surface area contributed by atoms with Gasteiger partial charge in [-0.15, -0.1) is 0 Å². The summed E-state index contributed by atoms with van der Waals surface area (Å²) in [6.07, 6.45) is 1.46. The number of aromatic nitrogens is 2. The maximum absolute atomic E-state index is 11.7. The van der Waals surface area contributed by atoms with Gasteiger partial charge in [0, 0.05) is 5.69 Å². The Morgan fingerprint density at radius 3 is 2.84 bits per heavy atom. The van der Waals surface area contributed by atoms with Gasteiger partial charge in [0.05, 0.1) is 11.9 Å². The summed E-state index contributed by atoms with van der Waals surface area (Å²) in [6, 6.07) is 5.53. The van der Waals surface area contributed by atoms with Crippen molar-refractivity contribution in [1.29, 1.82) is 0 Å². The van der Waals surface area contributed by atoms with E-state index in [1.807, 2.05) is 32.9 Å². The first kappa shape index (κ1) is 13.1. The molecule has 2 rings (SSSR count). The van der Waals surface area contributed by atoms with E-state index in [0.29, 0.717) is 5.76 Å². The van der Waals surface area contributed by atoms with Crippen LogP contribution in [0, 0.1) is 20.8 Å². The molecule has 0 aromatic carbocycles. The maximum atomic E-state index is 11.7. The van der Waals surface area contributed by atoms with Gasteiger partial charge in [-0.25, -0.2) is 5.43 Å². The van der Waals surface area contributed by atoms with Crippen molar-refractivity contribution in [2.45, 2.75) is 27.3 Å². The van der Waals surface area contributed by atoms with Gasteiger partial charge in [0.15, 0.2) is 0 Å². The molecule has 100 valence electrons. The molecule has 2 heterocycles. The Morgan fingerprint density at radius 1 is 1.47 bits per heavy atom. The van der Waals surface area contributed by atoms with E-state index >= 15 is 0 Å². The van der Waals surface area contributed by atoms with Crippen molar-refractivity contribution in [3.8, 4) is 0 Å². The molecule has 0 unspecified atom stereocenters. The fourth-order valence-corrected chi connectivity index (χ4v) is 1.70. The van der Waals surface area contributed by atoms with Gasteiger partial charge in [0.1, 0.15) is 18.1 Å². The predicted octanol–water partition coefficient (Wildman–Crippen LogP) is 1.55. The third-order valence-electron chi connectivity index (χ3n) is 2.54. The van der Waals surface area contributed by atoms with Crippen LogP contribution in [0.5, 0.6) is 0 Å². The average molecular weight is 260 g/mol. The van der Waals surface area contributed by atoms with Gasteiger partial charge in [-0.3, -0.25) is 9.48 Å². The van der Waals surface area contributed by atoms with Crippen LogP contribution < -0.4 is 5.43 Å². The Labute approximate surface area is 111 Å². The second kappa shape index (κ2) is 5.51. The number of carbonyl (C=O) groups excluding carboxylic acids is 1. The van der Waals surface area contributed by atoms with Gasteiger partial charge in [-0.05, 0) is 39.0 Å². The Hall–Kier alpha value is -2.37. The monoisotopic (exact) mass is 260 g/mol. The maximum Gasteiger partial charge on any atom is 0.261 e. The summed E-state index contributed by atoms with van der Waals surface area (Å²) in [5.74, 6) is 1.17. The Balaban J connectivity index is 1.88. The topological polar surface area (TPSA) is 72.4 Å². The summed E-state index contributed by atoms with van der Waals surface area (Å²) in [5, 5.41) is 8.03. The average Bonchev–Trinajstić information content (AvgIpc) is 2.86. The van der Waals surface area contributed by atoms with Crippen molar-refractivity contribution in [1.82, 2.24) is 15.2 Å². The quantitative estimate of drug-likeness (QED) is 0.669. The third kappa shape index (κ3) is 3.54. The zero-order valence-electron chi connectivity index (χ0n) is 11.2. The van der Waals surface area contributed by atoms with Crippen LogP contribution in [-0.4, -0.2) is 21.9 Å². The molecule has 6 nitrogen and oxygen atoms in total. The second-order valence-electron chi connectivity index (χ2n) is 4.33. The standard InChI is InChI=1S/C13H16N4O2/c1-9-6-10(2)17(16-9)8-13(18)15-14-7-12-5-4-11(3)19-12/h4-7H,8H2,1-3H3,(H,15,18). The molecule has 0 radical (unpaired) electrons. The summed E-state index contributed by atoms with van der Waals surface area (Å²) in [4.78, 5) is 11.7. The first-order chi connectivity index (χ1) is 9.04. The Kier molecular flexibility index (Phi) is 3.79. The van der Waals surface area contributed by atoms with Crippen LogP contribution in [0.3, 0.4) is 0 Å². The van der Waals surface area contributed by atoms with Gasteiger partial charge in [0.25, 0.3) is 5.91 Å². The Morgan fingerprint density at radius 2 is 2.26 bits per heavy atom. The first-order valence-electron chi connectivity index (χ1n) is 5.94. The lowest BCUT2D eigenvalue weighted by Gasteiger charge is -2.02. The molecule has 0 aliphatic heterocycles. The number of nitrogens with zero attached hydrogens (tertiary/aromatic N) is 3. The summed E-state index contributed by atoms with van der Waals surface area (Å²) < 4.78 is 6.92. The number of aryl methyl sites for hydroxylation is 3. The largest absolute Gasteiger partial charge is 0.460 e. The first-order valence-corrected chi connectivity index (χ1v) is 5.94. The smallest absolute Gasteiger partial charge is 0.261 e. The van der Waals surface area contributed by atoms with Crippen molar-refractivity contribution in [3.05, 3.63) is 41.1 Å². The van der Waals surface area contributed by atoms with Gasteiger partial charge < -0.3 is 4.42 Å². The molecule has 0 aliphatic rings. The minimum absolute atomic E-state index is 0.147. The van der Waals surface area contributed by atoms with E-state index in [1.54, 1.807) is 10.7 Å². The number of hydrogen-bond donors (Lipinski definition) is 1. The van der Waals surface area contributed by atoms with Crippen molar-refractivity contribution in [3.63, 3.8) is 0 Å². The third-order valence-corrected chi connectivity index (χ3v) is 2.54. The number of furan rings is 1. The van der Waals surface area contributed by atoms with Crippen molar-refractivity contribution < 1.29 is 9.21 Å². The number of hydrogen-bond acceptors (Lipinski definition) is 4. The van der Waals surface area contributed by atoms with Gasteiger partial charge in [-0.1, -0.05) is 0 Å². The fraction of sp³-hybridized carbons (Fsp3) is 0.308. The van der Waals surface area contributed by atoms with Gasteiger partial charge in [-0.2, -0.15) is 10.2 Å². The molecule has 2 aromatic rings. The second-order valence-corrected chi connectivity index (χ2v) is 4.33. The van der Waals surface area contributed by atoms with Crippen LogP contribution in [0.15, 0.2) is 27.7 Å². The van der Waals surface area contributed by atoms with E-state index in [0.717, 1.165) is 17.1 Å². The van der Waals surface area contributed by atoms with E-state index in [4.69, 9.17) is 4.42 Å². The molecule has 0 saturated carbocycles. The van der Waals surface area contributed by atoms with Crippen LogP contribution in [0.2, 0.25) is 0 Å². The summed E-state index contributed by atoms with van der Waals surface area (Å²) in [7, 11) is 0. The highest BCUT2D eigenvalue weighted by atomic mass is 16.3. The molecule has 0 saturated heterocycles. The van der Waals surface area contributed by atoms with Crippen molar-refractivity contribution >= 4 is 12.1 Å². The van der Waals surface area contributed by atoms with Crippen LogP contribution >= 0.6 is 0 Å². The van der Waals surface area contributed by atoms with Crippen LogP contribution in [-0.2, 0) is 11.3 Å². The SMILES string of the molecule is Cc1cc(C)n(CC(=O)NN=Cc2ccc(C)o2)n1. The molecule has 0 fully saturated rings. The fourth-order valence-electron chi connectivity index (χ4n) is 1.70. The Bertz CT molecular complexity index is 610. The summed E-state index contributed by atoms with van der Waals surface area (Å²) >= 11 is 0. The molecule has 0 bridgehead atoms. The van der Waals surface area contributed by atoms with E-state index in [-0.39, 0.29) is 12.5 Å². The van der Waals surface area contributed by atoms with E-state index < -0.39 is 0 Å². The lowest BCUT2D eigenvalue weighted by atomic mass is 10.4. The number of rotatable bonds is 4. The summed E-state index contributed by atoms with van der Waals surface area (Å²) in [5.41, 5.74) is 4.27. The van der Waals surface area contributed by atoms with Crippen molar-refractivity contribution in [2.75, 3.05) is 0 Å². The number of carbonyl (C=O) groups is 1. The minimum atomic E-state index is -0.231. The molecule has 1 amide bonds. The highest BCUT2D eigenvalue weighted by Crippen LogP contribution is 2.03. The molecule has 0 aliphatic carbocycles. The van der Waals surface area contributed by atoms with E-state index in [2.05, 4.69) is 15.6 Å². The molecule has 0 spiro atoms. The van der Waals surface area contributed by atoms with Crippen LogP contribution in [0.25, 0.3) is 0 Å². The highest BCUT2D eigenvalue weighted by molar-refractivity contribution is 5.80. The lowest BCUT2D eigenvalue weighted by Crippen LogP contribution is -2.24. The number of amides is 1. The molecule has 6 heteroatoms. The van der Waals surface area contributed by atoms with Crippen molar-refractivity contribution in [2.24, 2.45) is 5.10 Å². The van der Waals surface area contributed by atoms with E-state index in [9.17, 15) is 4.79 Å². The molecule has 2 aromatic heterocycles. The summed E-state index contributed by atoms with van der Waals surface area (Å²) in [6.45, 7) is 5.79. The van der Waals surface area contributed by atoms with Gasteiger partial charge in [0.2, 0.25) is 0 Å². The minimum Gasteiger partial charge on any atom is -0.460 e. The molecular weight excluding hydrogens is 244 g/mol. The normalized spacial score (nSPS) is 11.1. The molecule has 19 heavy (non-hydrogen) atoms. The number of hydrazone groups is 1. The van der Waals surface area contributed by atoms with E-state index in [1.165, 1.54) is 6.21 Å². The zero-order chi connectivity index (χ0) is 13.8. The molecule has 1 N–H and O–H groups in total. The van der Waals surface area contributed by atoms with Gasteiger partial charge >= 0.3 is 0 Å². The predicted molar refractivity (Wildman–Crippen MR) is 70.9 cm³/mol. The number of nitrogens with one attached hydrogen (secondary N) is 1. The van der Waals surface area contributed by atoms with Crippen LogP contribution in [0.4, 0.5) is 0 Å². The lowest BCUT2D eigenvalue weighted by molar-refractivity contribution is -0.121. The van der Waals surface area contributed by atoms with Crippen LogP contribution in [0.1, 0.15) is 22.9 Å². The zero-order valence-corrected chi connectivity index (χ0v) is 11.2. The highest BCUT2D eigenvalue weighted by Gasteiger charge is 2.05. The molecular formula is C13H16N4O2. The molecule has 0 atom stereocenters.